The molecule has 0 saturated heterocycles. The molecule has 0 unspecified atom stereocenters. The van der Waals surface area contributed by atoms with E-state index in [1.807, 2.05) is 0 Å². The monoisotopic (exact) mass is 249 g/mol. The zero-order valence-corrected chi connectivity index (χ0v) is 9.62. The van der Waals surface area contributed by atoms with Gasteiger partial charge in [-0.1, -0.05) is 0 Å². The molecule has 0 aliphatic heterocycles. The van der Waals surface area contributed by atoms with E-state index < -0.39 is 11.9 Å². The first-order chi connectivity index (χ1) is 8.58. The van der Waals surface area contributed by atoms with Crippen molar-refractivity contribution < 1.29 is 23.5 Å². The summed E-state index contributed by atoms with van der Waals surface area (Å²) in [7, 11) is 1.58. The highest BCUT2D eigenvalue weighted by Crippen LogP contribution is 2.12. The maximum absolute atomic E-state index is 11.9. The zero-order chi connectivity index (χ0) is 13.1. The van der Waals surface area contributed by atoms with Gasteiger partial charge in [0.15, 0.2) is 5.76 Å². The minimum absolute atomic E-state index is 0.0125. The van der Waals surface area contributed by atoms with Crippen LogP contribution in [0.1, 0.15) is 26.9 Å². The summed E-state index contributed by atoms with van der Waals surface area (Å²) >= 11 is 0. The maximum atomic E-state index is 11.9. The number of nitrogens with zero attached hydrogens (tertiary/aromatic N) is 1. The Morgan fingerprint density at radius 3 is 2.56 bits per heavy atom. The van der Waals surface area contributed by atoms with Gasteiger partial charge < -0.3 is 18.8 Å². The number of carboxylic acids is 1. The second-order valence-electron chi connectivity index (χ2n) is 3.71. The molecule has 0 bridgehead atoms. The molecular formula is C12H11NO5. The molecule has 0 atom stereocenters. The Bertz CT molecular complexity index is 555. The first kappa shape index (κ1) is 12.0. The predicted octanol–water partition coefficient (Wildman–Crippen LogP) is 1.84. The van der Waals surface area contributed by atoms with Crippen LogP contribution in [0.3, 0.4) is 0 Å². The van der Waals surface area contributed by atoms with Crippen LogP contribution in [0.5, 0.6) is 0 Å². The number of aromatic carboxylic acids is 1. The van der Waals surface area contributed by atoms with Crippen molar-refractivity contribution in [3.63, 3.8) is 0 Å². The number of amides is 1. The fraction of sp³-hybridized carbons (Fsp3) is 0.167. The first-order valence-corrected chi connectivity index (χ1v) is 5.19. The van der Waals surface area contributed by atoms with Crippen LogP contribution in [0.25, 0.3) is 0 Å². The number of rotatable bonds is 4. The molecule has 6 nitrogen and oxygen atoms in total. The normalized spacial score (nSPS) is 10.3. The lowest BCUT2D eigenvalue weighted by Crippen LogP contribution is -2.25. The molecule has 2 heterocycles. The van der Waals surface area contributed by atoms with Gasteiger partial charge in [-0.15, -0.1) is 0 Å². The summed E-state index contributed by atoms with van der Waals surface area (Å²) in [5, 5.41) is 8.69. The van der Waals surface area contributed by atoms with E-state index in [0.717, 1.165) is 0 Å². The molecular weight excluding hydrogens is 238 g/mol. The number of carbonyl (C=O) groups excluding carboxylic acids is 1. The summed E-state index contributed by atoms with van der Waals surface area (Å²) in [5.41, 5.74) is 0. The molecule has 0 aliphatic rings. The van der Waals surface area contributed by atoms with Crippen LogP contribution >= 0.6 is 0 Å². The number of hydrogen-bond donors (Lipinski definition) is 1. The Labute approximate surface area is 102 Å². The summed E-state index contributed by atoms with van der Waals surface area (Å²) in [6, 6.07) is 6.05. The van der Waals surface area contributed by atoms with Gasteiger partial charge in [-0.25, -0.2) is 4.79 Å². The Hall–Kier alpha value is -2.50. The Morgan fingerprint density at radius 1 is 1.28 bits per heavy atom. The van der Waals surface area contributed by atoms with Gasteiger partial charge in [0.2, 0.25) is 5.76 Å². The van der Waals surface area contributed by atoms with E-state index in [1.54, 1.807) is 19.2 Å². The standard InChI is InChI=1S/C12H11NO5/c1-13(7-8-3-2-6-17-8)11(14)9-4-5-10(18-9)12(15)16/h2-6H,7H2,1H3,(H,15,16). The molecule has 0 aliphatic carbocycles. The fourth-order valence-electron chi connectivity index (χ4n) is 1.46. The molecule has 1 N–H and O–H groups in total. The van der Waals surface area contributed by atoms with Gasteiger partial charge in [0.1, 0.15) is 5.76 Å². The van der Waals surface area contributed by atoms with Crippen LogP contribution in [0, 0.1) is 0 Å². The Morgan fingerprint density at radius 2 is 2.00 bits per heavy atom. The highest BCUT2D eigenvalue weighted by molar-refractivity contribution is 5.93. The average Bonchev–Trinajstić information content (AvgIpc) is 2.98. The molecule has 0 aromatic carbocycles. The van der Waals surface area contributed by atoms with Crippen LogP contribution in [0.4, 0.5) is 0 Å². The predicted molar refractivity (Wildman–Crippen MR) is 60.2 cm³/mol. The lowest BCUT2D eigenvalue weighted by Gasteiger charge is -2.13. The topological polar surface area (TPSA) is 83.9 Å². The molecule has 0 saturated carbocycles. The van der Waals surface area contributed by atoms with E-state index in [1.165, 1.54) is 23.3 Å². The lowest BCUT2D eigenvalue weighted by atomic mass is 10.3. The van der Waals surface area contributed by atoms with Crippen molar-refractivity contribution in [2.75, 3.05) is 7.05 Å². The van der Waals surface area contributed by atoms with Crippen molar-refractivity contribution in [3.05, 3.63) is 47.8 Å². The second kappa shape index (κ2) is 4.79. The van der Waals surface area contributed by atoms with Gasteiger partial charge in [-0.3, -0.25) is 4.79 Å². The largest absolute Gasteiger partial charge is 0.475 e. The lowest BCUT2D eigenvalue weighted by molar-refractivity contribution is 0.0651. The Kier molecular flexibility index (Phi) is 3.18. The van der Waals surface area contributed by atoms with Crippen LogP contribution in [-0.2, 0) is 6.54 Å². The minimum Gasteiger partial charge on any atom is -0.475 e. The molecule has 2 aromatic heterocycles. The quantitative estimate of drug-likeness (QED) is 0.893. The number of furan rings is 2. The fourth-order valence-corrected chi connectivity index (χ4v) is 1.46. The second-order valence-corrected chi connectivity index (χ2v) is 3.71. The number of carboxylic acid groups (broad SMARTS) is 1. The highest BCUT2D eigenvalue weighted by Gasteiger charge is 2.19. The van der Waals surface area contributed by atoms with E-state index in [0.29, 0.717) is 5.76 Å². The van der Waals surface area contributed by atoms with Crippen LogP contribution in [-0.4, -0.2) is 28.9 Å². The highest BCUT2D eigenvalue weighted by atomic mass is 16.4. The van der Waals surface area contributed by atoms with Crippen molar-refractivity contribution in [1.29, 1.82) is 0 Å². The molecule has 0 fully saturated rings. The molecule has 2 rings (SSSR count). The average molecular weight is 249 g/mol. The van der Waals surface area contributed by atoms with Crippen molar-refractivity contribution in [2.45, 2.75) is 6.54 Å². The van der Waals surface area contributed by atoms with E-state index in [2.05, 4.69) is 0 Å². The zero-order valence-electron chi connectivity index (χ0n) is 9.62. The SMILES string of the molecule is CN(Cc1ccco1)C(=O)c1ccc(C(=O)O)o1. The van der Waals surface area contributed by atoms with Crippen molar-refractivity contribution in [1.82, 2.24) is 4.90 Å². The van der Waals surface area contributed by atoms with Crippen LogP contribution in [0.2, 0.25) is 0 Å². The number of carbonyl (C=O) groups is 2. The molecule has 18 heavy (non-hydrogen) atoms. The summed E-state index contributed by atoms with van der Waals surface area (Å²) in [4.78, 5) is 23.9. The van der Waals surface area contributed by atoms with E-state index in [9.17, 15) is 9.59 Å². The maximum Gasteiger partial charge on any atom is 0.371 e. The molecule has 0 radical (unpaired) electrons. The van der Waals surface area contributed by atoms with Crippen LogP contribution < -0.4 is 0 Å². The van der Waals surface area contributed by atoms with Gasteiger partial charge in [0.25, 0.3) is 5.91 Å². The molecule has 1 amide bonds. The molecule has 6 heteroatoms. The third kappa shape index (κ3) is 2.42. The van der Waals surface area contributed by atoms with Crippen molar-refractivity contribution >= 4 is 11.9 Å². The Balaban J connectivity index is 2.08. The van der Waals surface area contributed by atoms with Crippen molar-refractivity contribution in [3.8, 4) is 0 Å². The minimum atomic E-state index is -1.21. The van der Waals surface area contributed by atoms with Crippen molar-refractivity contribution in [2.24, 2.45) is 0 Å². The van der Waals surface area contributed by atoms with E-state index >= 15 is 0 Å². The van der Waals surface area contributed by atoms with E-state index in [4.69, 9.17) is 13.9 Å². The molecule has 0 spiro atoms. The first-order valence-electron chi connectivity index (χ1n) is 5.19. The summed E-state index contributed by atoms with van der Waals surface area (Å²) in [6.07, 6.45) is 1.52. The van der Waals surface area contributed by atoms with Gasteiger partial charge in [0, 0.05) is 7.05 Å². The van der Waals surface area contributed by atoms with Gasteiger partial charge in [0.05, 0.1) is 12.8 Å². The summed E-state index contributed by atoms with van der Waals surface area (Å²) < 4.78 is 10.0. The summed E-state index contributed by atoms with van der Waals surface area (Å²) in [6.45, 7) is 0.287. The molecule has 2 aromatic rings. The van der Waals surface area contributed by atoms with Gasteiger partial charge >= 0.3 is 5.97 Å². The number of hydrogen-bond acceptors (Lipinski definition) is 4. The van der Waals surface area contributed by atoms with Crippen LogP contribution in [0.15, 0.2) is 39.4 Å². The smallest absolute Gasteiger partial charge is 0.371 e. The summed E-state index contributed by atoms with van der Waals surface area (Å²) in [5.74, 6) is -1.25. The third-order valence-electron chi connectivity index (χ3n) is 2.35. The van der Waals surface area contributed by atoms with Gasteiger partial charge in [-0.05, 0) is 24.3 Å². The molecule has 94 valence electrons. The van der Waals surface area contributed by atoms with E-state index in [-0.39, 0.29) is 18.1 Å². The van der Waals surface area contributed by atoms with Gasteiger partial charge in [-0.2, -0.15) is 0 Å². The third-order valence-corrected chi connectivity index (χ3v) is 2.35.